The van der Waals surface area contributed by atoms with E-state index in [1.165, 1.54) is 13.0 Å². The molecule has 0 aliphatic carbocycles. The summed E-state index contributed by atoms with van der Waals surface area (Å²) in [6.45, 7) is 1.82. The van der Waals surface area contributed by atoms with Crippen molar-refractivity contribution in [1.29, 1.82) is 0 Å². The fourth-order valence-corrected chi connectivity index (χ4v) is 1.37. The van der Waals surface area contributed by atoms with Gasteiger partial charge in [-0.15, -0.1) is 0 Å². The van der Waals surface area contributed by atoms with Crippen LogP contribution in [0.2, 0.25) is 0 Å². The van der Waals surface area contributed by atoms with Gasteiger partial charge < -0.3 is 0 Å². The van der Waals surface area contributed by atoms with E-state index in [0.717, 1.165) is 6.20 Å². The summed E-state index contributed by atoms with van der Waals surface area (Å²) in [5, 5.41) is 0. The summed E-state index contributed by atoms with van der Waals surface area (Å²) in [6, 6.07) is -3.38. The number of hydrogen-bond donors (Lipinski definition) is 0. The van der Waals surface area contributed by atoms with E-state index in [2.05, 4.69) is 4.99 Å². The second kappa shape index (κ2) is 2.90. The van der Waals surface area contributed by atoms with Gasteiger partial charge >= 0.3 is 6.05 Å². The molecular formula is C7H8ClF3N2. The van der Waals surface area contributed by atoms with Crippen molar-refractivity contribution < 1.29 is 13.2 Å². The van der Waals surface area contributed by atoms with Gasteiger partial charge in [0.15, 0.2) is 0 Å². The van der Waals surface area contributed by atoms with Gasteiger partial charge in [-0.05, 0) is 13.0 Å². The van der Waals surface area contributed by atoms with Crippen LogP contribution in [0.1, 0.15) is 13.8 Å². The van der Waals surface area contributed by atoms with E-state index in [1.54, 1.807) is 0 Å². The van der Waals surface area contributed by atoms with Gasteiger partial charge in [0, 0.05) is 13.1 Å². The third kappa shape index (κ3) is 1.96. The summed E-state index contributed by atoms with van der Waals surface area (Å²) in [6.07, 6.45) is 0.965. The van der Waals surface area contributed by atoms with Crippen LogP contribution in [0.3, 0.4) is 0 Å². The van der Waals surface area contributed by atoms with Crippen LogP contribution in [0.5, 0.6) is 0 Å². The molecule has 0 N–H and O–H groups in total. The molecule has 0 saturated carbocycles. The van der Waals surface area contributed by atoms with Crippen molar-refractivity contribution in [2.45, 2.75) is 24.9 Å². The predicted molar refractivity (Wildman–Crippen MR) is 44.4 cm³/mol. The Kier molecular flexibility index (Phi) is 2.32. The lowest BCUT2D eigenvalue weighted by Gasteiger charge is -2.38. The summed E-state index contributed by atoms with van der Waals surface area (Å²) in [5.41, 5.74) is 0. The average molecular weight is 213 g/mol. The molecule has 0 amide bonds. The molecule has 2 nitrogen and oxygen atoms in total. The van der Waals surface area contributed by atoms with Gasteiger partial charge in [0.05, 0.1) is 0 Å². The number of amidine groups is 1. The molecule has 1 atom stereocenters. The molecule has 0 spiro atoms. The fraction of sp³-hybridized carbons (Fsp3) is 0.571. The Labute approximate surface area is 78.7 Å². The second-order valence-electron chi connectivity index (χ2n) is 2.92. The third-order valence-electron chi connectivity index (χ3n) is 1.57. The monoisotopic (exact) mass is 212 g/mol. The van der Waals surface area contributed by atoms with Crippen molar-refractivity contribution >= 4 is 17.7 Å². The molecule has 6 heteroatoms. The number of hydrogen-bond acceptors (Lipinski definition) is 2. The van der Waals surface area contributed by atoms with Gasteiger partial charge in [-0.2, -0.15) is 13.2 Å². The van der Waals surface area contributed by atoms with Crippen LogP contribution in [0.15, 0.2) is 17.3 Å². The highest BCUT2D eigenvalue weighted by molar-refractivity contribution is 6.25. The van der Waals surface area contributed by atoms with Crippen molar-refractivity contribution in [2.24, 2.45) is 4.99 Å². The molecule has 0 aromatic heterocycles. The summed E-state index contributed by atoms with van der Waals surface area (Å²) >= 11 is 5.66. The van der Waals surface area contributed by atoms with E-state index in [-0.39, 0.29) is 4.90 Å². The molecule has 0 bridgehead atoms. The van der Waals surface area contributed by atoms with E-state index >= 15 is 0 Å². The highest BCUT2D eigenvalue weighted by atomic mass is 35.5. The lowest BCUT2D eigenvalue weighted by Crippen LogP contribution is -2.53. The van der Waals surface area contributed by atoms with E-state index < -0.39 is 17.1 Å². The highest BCUT2D eigenvalue weighted by Crippen LogP contribution is 2.35. The van der Waals surface area contributed by atoms with Crippen LogP contribution in [-0.2, 0) is 0 Å². The summed E-state index contributed by atoms with van der Waals surface area (Å²) in [4.78, 5) is 1.64. The first-order valence-corrected chi connectivity index (χ1v) is 3.91. The zero-order valence-corrected chi connectivity index (χ0v) is 7.82. The van der Waals surface area contributed by atoms with Crippen LogP contribution < -0.4 is 0 Å². The SMILES string of the molecule is CC(F)(F)N1C(F)=NC=CC1(C)Cl. The average Bonchev–Trinajstić information content (AvgIpc) is 1.79. The maximum absolute atomic E-state index is 12.9. The first-order valence-electron chi connectivity index (χ1n) is 3.53. The maximum Gasteiger partial charge on any atom is 0.327 e. The minimum atomic E-state index is -3.38. The standard InChI is InChI=1S/C7H8ClF3N2/c1-6(8)3-4-12-5(9)13(6)7(2,10)11/h3-4H,1-2H3. The molecular weight excluding hydrogens is 205 g/mol. The Balaban J connectivity index is 3.07. The number of aliphatic imine (C=N–C) groups is 1. The smallest absolute Gasteiger partial charge is 0.251 e. The summed E-state index contributed by atoms with van der Waals surface area (Å²) in [5.74, 6) is 0. The maximum atomic E-state index is 12.9. The molecule has 0 aromatic carbocycles. The predicted octanol–water partition coefficient (Wildman–Crippen LogP) is 2.71. The number of halogens is 4. The van der Waals surface area contributed by atoms with E-state index in [9.17, 15) is 13.2 Å². The summed E-state index contributed by atoms with van der Waals surface area (Å²) < 4.78 is 38.6. The zero-order valence-electron chi connectivity index (χ0n) is 7.06. The van der Waals surface area contributed by atoms with Crippen LogP contribution >= 0.6 is 11.6 Å². The summed E-state index contributed by atoms with van der Waals surface area (Å²) in [7, 11) is 0. The molecule has 0 aromatic rings. The quantitative estimate of drug-likeness (QED) is 0.482. The van der Waals surface area contributed by atoms with Crippen molar-refractivity contribution in [3.8, 4) is 0 Å². The van der Waals surface area contributed by atoms with Crippen LogP contribution in [0.4, 0.5) is 13.2 Å². The molecule has 1 aliphatic heterocycles. The van der Waals surface area contributed by atoms with Crippen molar-refractivity contribution in [1.82, 2.24) is 4.90 Å². The van der Waals surface area contributed by atoms with Crippen molar-refractivity contribution in [2.75, 3.05) is 0 Å². The Morgan fingerprint density at radius 3 is 2.46 bits per heavy atom. The molecule has 0 saturated heterocycles. The van der Waals surface area contributed by atoms with Gasteiger partial charge in [-0.25, -0.2) is 4.99 Å². The molecule has 0 radical (unpaired) electrons. The van der Waals surface area contributed by atoms with E-state index in [1.807, 2.05) is 0 Å². The van der Waals surface area contributed by atoms with E-state index in [0.29, 0.717) is 6.92 Å². The van der Waals surface area contributed by atoms with Gasteiger partial charge in [-0.3, -0.25) is 4.90 Å². The Morgan fingerprint density at radius 1 is 1.62 bits per heavy atom. The highest BCUT2D eigenvalue weighted by Gasteiger charge is 2.45. The molecule has 1 rings (SSSR count). The van der Waals surface area contributed by atoms with Gasteiger partial charge in [0.1, 0.15) is 5.00 Å². The molecule has 1 heterocycles. The molecule has 74 valence electrons. The van der Waals surface area contributed by atoms with Gasteiger partial charge in [-0.1, -0.05) is 11.6 Å². The Hall–Kier alpha value is -0.710. The number of rotatable bonds is 1. The molecule has 1 unspecified atom stereocenters. The second-order valence-corrected chi connectivity index (χ2v) is 3.68. The minimum Gasteiger partial charge on any atom is -0.251 e. The first-order chi connectivity index (χ1) is 5.75. The molecule has 13 heavy (non-hydrogen) atoms. The third-order valence-corrected chi connectivity index (χ3v) is 1.87. The number of nitrogens with zero attached hydrogens (tertiary/aromatic N) is 2. The van der Waals surface area contributed by atoms with Crippen molar-refractivity contribution in [3.63, 3.8) is 0 Å². The Morgan fingerprint density at radius 2 is 2.15 bits per heavy atom. The first kappa shape index (κ1) is 10.4. The normalized spacial score (nSPS) is 29.1. The fourth-order valence-electron chi connectivity index (χ4n) is 1.09. The molecule has 0 fully saturated rings. The van der Waals surface area contributed by atoms with Gasteiger partial charge in [0.2, 0.25) is 0 Å². The zero-order chi connectivity index (χ0) is 10.3. The lowest BCUT2D eigenvalue weighted by atomic mass is 10.2. The number of alkyl halides is 3. The topological polar surface area (TPSA) is 15.6 Å². The van der Waals surface area contributed by atoms with Crippen molar-refractivity contribution in [3.05, 3.63) is 12.3 Å². The van der Waals surface area contributed by atoms with Gasteiger partial charge in [0.25, 0.3) is 6.09 Å². The van der Waals surface area contributed by atoms with Crippen LogP contribution in [0, 0.1) is 0 Å². The molecule has 1 aliphatic rings. The van der Waals surface area contributed by atoms with Crippen LogP contribution in [0.25, 0.3) is 0 Å². The van der Waals surface area contributed by atoms with Crippen LogP contribution in [-0.4, -0.2) is 22.0 Å². The Bertz CT molecular complexity index is 267. The largest absolute Gasteiger partial charge is 0.327 e. The minimum absolute atomic E-state index is 0.113. The van der Waals surface area contributed by atoms with E-state index in [4.69, 9.17) is 11.6 Å². The lowest BCUT2D eigenvalue weighted by molar-refractivity contribution is -0.113.